The quantitative estimate of drug-likeness (QED) is 0.611. The third-order valence-corrected chi connectivity index (χ3v) is 6.77. The van der Waals surface area contributed by atoms with Gasteiger partial charge in [-0.1, -0.05) is 38.1 Å². The van der Waals surface area contributed by atoms with Crippen LogP contribution in [0.1, 0.15) is 46.6 Å². The van der Waals surface area contributed by atoms with Gasteiger partial charge in [0, 0.05) is 9.75 Å². The van der Waals surface area contributed by atoms with Crippen LogP contribution in [0.25, 0.3) is 21.2 Å². The van der Waals surface area contributed by atoms with E-state index in [0.717, 1.165) is 51.6 Å². The first-order chi connectivity index (χ1) is 12.9. The molecule has 0 atom stereocenters. The lowest BCUT2D eigenvalue weighted by Crippen LogP contribution is -2.22. The van der Waals surface area contributed by atoms with Gasteiger partial charge in [-0.3, -0.25) is 4.84 Å². The van der Waals surface area contributed by atoms with Gasteiger partial charge in [-0.25, -0.2) is 10.7 Å². The van der Waals surface area contributed by atoms with Crippen molar-refractivity contribution in [2.75, 3.05) is 0 Å². The number of carboxylic acid groups (broad SMARTS) is 1. The summed E-state index contributed by atoms with van der Waals surface area (Å²) in [7, 11) is 0. The fourth-order valence-electron chi connectivity index (χ4n) is 4.04. The molecule has 3 aromatic rings. The van der Waals surface area contributed by atoms with Gasteiger partial charge in [0.15, 0.2) is 0 Å². The topological polar surface area (TPSA) is 72.5 Å². The highest BCUT2D eigenvalue weighted by Gasteiger charge is 2.33. The SMILES string of the molecule is CC1(C)CCc2sc(-c3cc4ccccc4cc3CON)c(C(=O)O)c2C1. The largest absolute Gasteiger partial charge is 0.478 e. The zero-order valence-corrected chi connectivity index (χ0v) is 16.4. The fourth-order valence-corrected chi connectivity index (χ4v) is 5.40. The van der Waals surface area contributed by atoms with E-state index in [4.69, 9.17) is 10.7 Å². The molecule has 0 spiro atoms. The summed E-state index contributed by atoms with van der Waals surface area (Å²) in [4.78, 5) is 19.2. The number of fused-ring (bicyclic) bond motifs is 2. The van der Waals surface area contributed by atoms with Crippen molar-refractivity contribution in [1.82, 2.24) is 0 Å². The van der Waals surface area contributed by atoms with Crippen molar-refractivity contribution in [2.45, 2.75) is 39.7 Å². The third kappa shape index (κ3) is 3.27. The molecule has 0 saturated heterocycles. The van der Waals surface area contributed by atoms with Crippen LogP contribution in [0.3, 0.4) is 0 Å². The summed E-state index contributed by atoms with van der Waals surface area (Å²) < 4.78 is 0. The number of aromatic carboxylic acids is 1. The van der Waals surface area contributed by atoms with Crippen LogP contribution in [0.15, 0.2) is 36.4 Å². The van der Waals surface area contributed by atoms with E-state index in [9.17, 15) is 9.90 Å². The van der Waals surface area contributed by atoms with Crippen molar-refractivity contribution in [3.05, 3.63) is 58.0 Å². The molecule has 0 amide bonds. The molecule has 1 aliphatic carbocycles. The van der Waals surface area contributed by atoms with Gasteiger partial charge in [0.2, 0.25) is 0 Å². The van der Waals surface area contributed by atoms with Crippen molar-refractivity contribution >= 4 is 28.1 Å². The highest BCUT2D eigenvalue weighted by molar-refractivity contribution is 7.16. The summed E-state index contributed by atoms with van der Waals surface area (Å²) >= 11 is 1.62. The standard InChI is InChI=1S/C22H23NO3S/c1-22(2)8-7-18-17(11-22)19(21(24)25)20(27-18)16-10-14-6-4-3-5-13(14)9-15(16)12-26-23/h3-6,9-10H,7-8,11-12,23H2,1-2H3,(H,24,25). The predicted octanol–water partition coefficient (Wildman–Crippen LogP) is 5.17. The molecule has 1 heterocycles. The molecular weight excluding hydrogens is 358 g/mol. The van der Waals surface area contributed by atoms with E-state index in [1.165, 1.54) is 4.88 Å². The second kappa shape index (κ2) is 6.75. The molecule has 2 aromatic carbocycles. The first-order valence-corrected chi connectivity index (χ1v) is 9.93. The van der Waals surface area contributed by atoms with Gasteiger partial charge in [-0.15, -0.1) is 11.3 Å². The Bertz CT molecular complexity index is 1040. The van der Waals surface area contributed by atoms with Gasteiger partial charge in [-0.05, 0) is 64.3 Å². The predicted molar refractivity (Wildman–Crippen MR) is 109 cm³/mol. The maximum absolute atomic E-state index is 12.2. The highest BCUT2D eigenvalue weighted by Crippen LogP contribution is 2.46. The van der Waals surface area contributed by atoms with E-state index in [1.54, 1.807) is 11.3 Å². The number of rotatable bonds is 4. The average molecular weight is 381 g/mol. The summed E-state index contributed by atoms with van der Waals surface area (Å²) in [6.07, 6.45) is 2.82. The molecule has 0 fully saturated rings. The van der Waals surface area contributed by atoms with Crippen LogP contribution >= 0.6 is 11.3 Å². The summed E-state index contributed by atoms with van der Waals surface area (Å²) in [5.74, 6) is 4.52. The third-order valence-electron chi connectivity index (χ3n) is 5.44. The van der Waals surface area contributed by atoms with Crippen LogP contribution in [-0.4, -0.2) is 11.1 Å². The van der Waals surface area contributed by atoms with Gasteiger partial charge in [-0.2, -0.15) is 0 Å². The zero-order valence-electron chi connectivity index (χ0n) is 15.5. The number of thiophene rings is 1. The van der Waals surface area contributed by atoms with Crippen molar-refractivity contribution in [2.24, 2.45) is 11.3 Å². The minimum absolute atomic E-state index is 0.127. The lowest BCUT2D eigenvalue weighted by atomic mass is 9.76. The Balaban J connectivity index is 1.97. The molecule has 5 heteroatoms. The average Bonchev–Trinajstić information content (AvgIpc) is 2.98. The maximum atomic E-state index is 12.2. The van der Waals surface area contributed by atoms with Crippen LogP contribution in [0.4, 0.5) is 0 Å². The number of benzene rings is 2. The summed E-state index contributed by atoms with van der Waals surface area (Å²) in [5.41, 5.74) is 3.41. The zero-order chi connectivity index (χ0) is 19.2. The Morgan fingerprint density at radius 2 is 1.96 bits per heavy atom. The van der Waals surface area contributed by atoms with E-state index in [-0.39, 0.29) is 12.0 Å². The van der Waals surface area contributed by atoms with Gasteiger partial charge in [0.1, 0.15) is 0 Å². The van der Waals surface area contributed by atoms with E-state index >= 15 is 0 Å². The second-order valence-electron chi connectivity index (χ2n) is 8.02. The molecule has 27 heavy (non-hydrogen) atoms. The molecule has 0 saturated carbocycles. The molecular formula is C22H23NO3S. The van der Waals surface area contributed by atoms with Crippen LogP contribution < -0.4 is 5.90 Å². The lowest BCUT2D eigenvalue weighted by Gasteiger charge is -2.29. The van der Waals surface area contributed by atoms with E-state index in [2.05, 4.69) is 19.9 Å². The molecule has 1 aliphatic rings. The molecule has 0 radical (unpaired) electrons. The molecule has 0 aliphatic heterocycles. The molecule has 4 nitrogen and oxygen atoms in total. The van der Waals surface area contributed by atoms with Crippen molar-refractivity contribution < 1.29 is 14.7 Å². The van der Waals surface area contributed by atoms with Crippen molar-refractivity contribution in [3.8, 4) is 10.4 Å². The van der Waals surface area contributed by atoms with Gasteiger partial charge in [0.05, 0.1) is 12.2 Å². The van der Waals surface area contributed by atoms with Crippen molar-refractivity contribution in [3.63, 3.8) is 0 Å². The first kappa shape index (κ1) is 18.2. The number of hydrogen-bond donors (Lipinski definition) is 2. The van der Waals surface area contributed by atoms with E-state index in [1.807, 2.05) is 30.3 Å². The number of carbonyl (C=O) groups is 1. The van der Waals surface area contributed by atoms with Gasteiger partial charge in [0.25, 0.3) is 0 Å². The van der Waals surface area contributed by atoms with E-state index < -0.39 is 5.97 Å². The van der Waals surface area contributed by atoms with E-state index in [0.29, 0.717) is 5.56 Å². The van der Waals surface area contributed by atoms with Crippen LogP contribution in [-0.2, 0) is 24.3 Å². The van der Waals surface area contributed by atoms with Gasteiger partial charge >= 0.3 is 5.97 Å². The maximum Gasteiger partial charge on any atom is 0.337 e. The summed E-state index contributed by atoms with van der Waals surface area (Å²) in [6, 6.07) is 12.2. The highest BCUT2D eigenvalue weighted by atomic mass is 32.1. The Hall–Kier alpha value is -2.21. The molecule has 3 N–H and O–H groups in total. The Kier molecular flexibility index (Phi) is 4.54. The summed E-state index contributed by atoms with van der Waals surface area (Å²) in [6.45, 7) is 4.67. The first-order valence-electron chi connectivity index (χ1n) is 9.11. The minimum Gasteiger partial charge on any atom is -0.478 e. The number of hydrogen-bond acceptors (Lipinski definition) is 4. The molecule has 1 aromatic heterocycles. The van der Waals surface area contributed by atoms with Crippen LogP contribution in [0, 0.1) is 5.41 Å². The molecule has 0 bridgehead atoms. The fraction of sp³-hybridized carbons (Fsp3) is 0.318. The van der Waals surface area contributed by atoms with Gasteiger partial charge < -0.3 is 5.11 Å². The van der Waals surface area contributed by atoms with Crippen molar-refractivity contribution in [1.29, 1.82) is 0 Å². The molecule has 0 unspecified atom stereocenters. The normalized spacial score (nSPS) is 15.7. The summed E-state index contributed by atoms with van der Waals surface area (Å²) in [5, 5.41) is 12.2. The molecule has 140 valence electrons. The van der Waals surface area contributed by atoms with Crippen LogP contribution in [0.5, 0.6) is 0 Å². The smallest absolute Gasteiger partial charge is 0.337 e. The Morgan fingerprint density at radius 1 is 1.26 bits per heavy atom. The molecule has 4 rings (SSSR count). The second-order valence-corrected chi connectivity index (χ2v) is 9.13. The Labute approximate surface area is 162 Å². The number of carboxylic acids is 1. The number of aryl methyl sites for hydroxylation is 1. The Morgan fingerprint density at radius 3 is 2.63 bits per heavy atom. The van der Waals surface area contributed by atoms with Crippen LogP contribution in [0.2, 0.25) is 0 Å². The number of nitrogens with two attached hydrogens (primary N) is 1. The monoisotopic (exact) mass is 381 g/mol. The minimum atomic E-state index is -0.854. The lowest BCUT2D eigenvalue weighted by molar-refractivity contribution is 0.0696.